The van der Waals surface area contributed by atoms with Crippen molar-refractivity contribution in [2.75, 3.05) is 0 Å². The van der Waals surface area contributed by atoms with Crippen molar-refractivity contribution < 1.29 is 27.5 Å². The number of nitrogens with zero attached hydrogens (tertiary/aromatic N) is 3. The molecule has 2 heterocycles. The minimum Gasteiger partial charge on any atom is -0.494 e. The molecule has 0 spiro atoms. The number of hydrogen-bond acceptors (Lipinski definition) is 5. The van der Waals surface area contributed by atoms with Crippen LogP contribution in [0, 0.1) is 6.92 Å². The first-order valence-corrected chi connectivity index (χ1v) is 9.33. The van der Waals surface area contributed by atoms with E-state index in [-0.39, 0.29) is 24.1 Å². The van der Waals surface area contributed by atoms with Gasteiger partial charge in [-0.05, 0) is 42.3 Å². The van der Waals surface area contributed by atoms with Gasteiger partial charge in [-0.1, -0.05) is 17.3 Å². The second kappa shape index (κ2) is 7.56. The van der Waals surface area contributed by atoms with E-state index in [0.717, 1.165) is 10.9 Å². The number of aromatic hydroxyl groups is 1. The Balaban J connectivity index is 1.63. The molecular weight excluding hydrogens is 423 g/mol. The van der Waals surface area contributed by atoms with Gasteiger partial charge in [0.15, 0.2) is 5.88 Å². The van der Waals surface area contributed by atoms with E-state index in [1.807, 2.05) is 19.1 Å². The number of alkyl halides is 4. The molecule has 0 aliphatic carbocycles. The zero-order chi connectivity index (χ0) is 21.5. The fourth-order valence-electron chi connectivity index (χ4n) is 3.26. The van der Waals surface area contributed by atoms with Crippen LogP contribution in [-0.2, 0) is 12.4 Å². The largest absolute Gasteiger partial charge is 0.573 e. The van der Waals surface area contributed by atoms with Gasteiger partial charge in [0.25, 0.3) is 0 Å². The van der Waals surface area contributed by atoms with Crippen molar-refractivity contribution in [3.63, 3.8) is 0 Å². The molecule has 0 saturated heterocycles. The van der Waals surface area contributed by atoms with Gasteiger partial charge in [0.2, 0.25) is 11.7 Å². The van der Waals surface area contributed by atoms with Crippen LogP contribution in [0.3, 0.4) is 0 Å². The van der Waals surface area contributed by atoms with Gasteiger partial charge in [-0.15, -0.1) is 24.8 Å². The number of aromatic nitrogens is 3. The summed E-state index contributed by atoms with van der Waals surface area (Å²) in [5.41, 5.74) is 2.22. The van der Waals surface area contributed by atoms with Gasteiger partial charge in [0.1, 0.15) is 11.6 Å². The highest BCUT2D eigenvalue weighted by Gasteiger charge is 2.31. The molecule has 0 fully saturated rings. The lowest BCUT2D eigenvalue weighted by Crippen LogP contribution is -2.17. The van der Waals surface area contributed by atoms with Crippen LogP contribution >= 0.6 is 11.6 Å². The molecule has 0 unspecified atom stereocenters. The number of ether oxygens (including phenoxy) is 1. The number of halogens is 4. The number of aryl methyl sites for hydroxylation is 1. The van der Waals surface area contributed by atoms with E-state index in [9.17, 15) is 18.3 Å². The summed E-state index contributed by atoms with van der Waals surface area (Å²) in [4.78, 5) is 4.21. The van der Waals surface area contributed by atoms with Gasteiger partial charge in [-0.25, -0.2) is 0 Å². The minimum atomic E-state index is -4.74. The Bertz CT molecular complexity index is 1200. The van der Waals surface area contributed by atoms with Gasteiger partial charge in [0.05, 0.1) is 6.54 Å². The standard InChI is InChI=1S/C20H15ClF3N3O3/c1-11-6-13(18-25-16(8-21)30-26-18)7-14-10-27(19(28)17(11)14)9-12-2-4-15(5-3-12)29-20(22,23)24/h2-7,10,28H,8-9H2,1H3. The fraction of sp³-hybridized carbons (Fsp3) is 0.200. The lowest BCUT2D eigenvalue weighted by atomic mass is 10.1. The Kier molecular flexibility index (Phi) is 5.07. The molecule has 1 N–H and O–H groups in total. The average Bonchev–Trinajstić information content (AvgIpc) is 3.27. The van der Waals surface area contributed by atoms with E-state index >= 15 is 0 Å². The van der Waals surface area contributed by atoms with Gasteiger partial charge < -0.3 is 18.9 Å². The molecule has 0 aliphatic rings. The fourth-order valence-corrected chi connectivity index (χ4v) is 3.37. The van der Waals surface area contributed by atoms with Gasteiger partial charge in [0, 0.05) is 22.5 Å². The highest BCUT2D eigenvalue weighted by Crippen LogP contribution is 2.34. The van der Waals surface area contributed by atoms with Crippen LogP contribution in [0.1, 0.15) is 17.0 Å². The van der Waals surface area contributed by atoms with Gasteiger partial charge in [-0.3, -0.25) is 0 Å². The third kappa shape index (κ3) is 4.06. The number of benzene rings is 2. The van der Waals surface area contributed by atoms with Crippen LogP contribution in [0.2, 0.25) is 0 Å². The molecule has 156 valence electrons. The SMILES string of the molecule is Cc1cc(-c2noc(CCl)n2)cc2cn(Cc3ccc(OC(F)(F)F)cc3)c(O)c12. The minimum absolute atomic E-state index is 0.0548. The van der Waals surface area contributed by atoms with E-state index in [1.165, 1.54) is 24.3 Å². The predicted molar refractivity (Wildman–Crippen MR) is 103 cm³/mol. The zero-order valence-corrected chi connectivity index (χ0v) is 16.3. The molecule has 30 heavy (non-hydrogen) atoms. The van der Waals surface area contributed by atoms with Crippen LogP contribution in [0.25, 0.3) is 22.2 Å². The number of hydrogen-bond donors (Lipinski definition) is 1. The lowest BCUT2D eigenvalue weighted by molar-refractivity contribution is -0.274. The summed E-state index contributed by atoms with van der Waals surface area (Å²) in [6.07, 6.45) is -2.99. The molecule has 0 amide bonds. The molecular formula is C20H15ClF3N3O3. The average molecular weight is 438 g/mol. The summed E-state index contributed by atoms with van der Waals surface area (Å²) in [5, 5.41) is 16.0. The first-order chi connectivity index (χ1) is 14.2. The first kappa shape index (κ1) is 20.1. The third-order valence-corrected chi connectivity index (χ3v) is 4.74. The maximum Gasteiger partial charge on any atom is 0.573 e. The third-order valence-electron chi connectivity index (χ3n) is 4.51. The van der Waals surface area contributed by atoms with E-state index in [1.54, 1.807) is 10.8 Å². The van der Waals surface area contributed by atoms with Gasteiger partial charge in [-0.2, -0.15) is 4.98 Å². The quantitative estimate of drug-likeness (QED) is 0.424. The van der Waals surface area contributed by atoms with Crippen LogP contribution in [0.4, 0.5) is 13.2 Å². The van der Waals surface area contributed by atoms with Crippen LogP contribution < -0.4 is 4.74 Å². The maximum absolute atomic E-state index is 12.3. The number of fused-ring (bicyclic) bond motifs is 1. The predicted octanol–water partition coefficient (Wildman–Crippen LogP) is 5.39. The van der Waals surface area contributed by atoms with E-state index in [2.05, 4.69) is 14.9 Å². The van der Waals surface area contributed by atoms with Crippen molar-refractivity contribution in [1.82, 2.24) is 14.7 Å². The maximum atomic E-state index is 12.3. The molecule has 0 radical (unpaired) electrons. The highest BCUT2D eigenvalue weighted by molar-refractivity contribution is 6.16. The van der Waals surface area contributed by atoms with E-state index in [4.69, 9.17) is 16.1 Å². The van der Waals surface area contributed by atoms with Crippen LogP contribution in [0.5, 0.6) is 11.6 Å². The zero-order valence-electron chi connectivity index (χ0n) is 15.6. The Labute approximate surface area is 173 Å². The molecule has 10 heteroatoms. The van der Waals surface area contributed by atoms with E-state index < -0.39 is 6.36 Å². The summed E-state index contributed by atoms with van der Waals surface area (Å²) < 4.78 is 47.4. The Morgan fingerprint density at radius 3 is 2.57 bits per heavy atom. The smallest absolute Gasteiger partial charge is 0.494 e. The monoisotopic (exact) mass is 437 g/mol. The summed E-state index contributed by atoms with van der Waals surface area (Å²) in [7, 11) is 0. The molecule has 2 aromatic carbocycles. The summed E-state index contributed by atoms with van der Waals surface area (Å²) in [5.74, 6) is 0.563. The molecule has 6 nitrogen and oxygen atoms in total. The molecule has 4 rings (SSSR count). The van der Waals surface area contributed by atoms with Crippen molar-refractivity contribution in [1.29, 1.82) is 0 Å². The van der Waals surface area contributed by atoms with Crippen molar-refractivity contribution in [3.8, 4) is 23.0 Å². The molecule has 0 bridgehead atoms. The van der Waals surface area contributed by atoms with Crippen molar-refractivity contribution in [2.24, 2.45) is 0 Å². The first-order valence-electron chi connectivity index (χ1n) is 8.79. The summed E-state index contributed by atoms with van der Waals surface area (Å²) in [6, 6.07) is 9.14. The molecule has 4 aromatic rings. The molecule has 0 atom stereocenters. The van der Waals surface area contributed by atoms with Gasteiger partial charge >= 0.3 is 6.36 Å². The summed E-state index contributed by atoms with van der Waals surface area (Å²) >= 11 is 5.70. The topological polar surface area (TPSA) is 73.3 Å². The normalized spacial score (nSPS) is 11.9. The second-order valence-corrected chi connectivity index (χ2v) is 6.94. The van der Waals surface area contributed by atoms with E-state index in [0.29, 0.717) is 28.2 Å². The Morgan fingerprint density at radius 1 is 1.20 bits per heavy atom. The van der Waals surface area contributed by atoms with Crippen molar-refractivity contribution >= 4 is 22.4 Å². The molecule has 0 aliphatic heterocycles. The molecule has 0 saturated carbocycles. The Morgan fingerprint density at radius 2 is 1.93 bits per heavy atom. The van der Waals surface area contributed by atoms with Crippen molar-refractivity contribution in [3.05, 3.63) is 59.6 Å². The van der Waals surface area contributed by atoms with Crippen LogP contribution in [-0.4, -0.2) is 26.2 Å². The Hall–Kier alpha value is -3.20. The molecule has 2 aromatic heterocycles. The number of rotatable bonds is 5. The highest BCUT2D eigenvalue weighted by atomic mass is 35.5. The van der Waals surface area contributed by atoms with Crippen molar-refractivity contribution in [2.45, 2.75) is 25.7 Å². The second-order valence-electron chi connectivity index (χ2n) is 6.68. The summed E-state index contributed by atoms with van der Waals surface area (Å²) in [6.45, 7) is 2.11. The lowest BCUT2D eigenvalue weighted by Gasteiger charge is -2.10. The van der Waals surface area contributed by atoms with Crippen LogP contribution in [0.15, 0.2) is 47.1 Å².